The van der Waals surface area contributed by atoms with Crippen LogP contribution in [0.5, 0.6) is 5.75 Å². The molecule has 1 aromatic carbocycles. The maximum atomic E-state index is 12.7. The van der Waals surface area contributed by atoms with Gasteiger partial charge in [0.1, 0.15) is 17.9 Å². The predicted molar refractivity (Wildman–Crippen MR) is 103 cm³/mol. The largest absolute Gasteiger partial charge is 0.483 e. The third-order valence-corrected chi connectivity index (χ3v) is 4.04. The van der Waals surface area contributed by atoms with E-state index in [-0.39, 0.29) is 25.0 Å². The van der Waals surface area contributed by atoms with Gasteiger partial charge >= 0.3 is 0 Å². The molecule has 0 atom stereocenters. The zero-order valence-electron chi connectivity index (χ0n) is 15.7. The van der Waals surface area contributed by atoms with Crippen LogP contribution in [-0.4, -0.2) is 52.0 Å². The number of nitrogens with zero attached hydrogens (tertiary/aromatic N) is 4. The van der Waals surface area contributed by atoms with Crippen molar-refractivity contribution in [1.29, 1.82) is 0 Å². The average molecular weight is 379 g/mol. The van der Waals surface area contributed by atoms with Gasteiger partial charge in [-0.2, -0.15) is 0 Å². The van der Waals surface area contributed by atoms with Crippen molar-refractivity contribution in [2.75, 3.05) is 20.7 Å². The summed E-state index contributed by atoms with van der Waals surface area (Å²) in [7, 11) is 3.30. The molecule has 3 aromatic rings. The van der Waals surface area contributed by atoms with Crippen molar-refractivity contribution in [1.82, 2.24) is 24.8 Å². The van der Waals surface area contributed by atoms with Gasteiger partial charge in [0.2, 0.25) is 0 Å². The first-order valence-corrected chi connectivity index (χ1v) is 8.68. The number of rotatable bonds is 7. The lowest BCUT2D eigenvalue weighted by atomic mass is 10.1. The predicted octanol–water partition coefficient (Wildman–Crippen LogP) is 1.66. The lowest BCUT2D eigenvalue weighted by Gasteiger charge is -2.14. The van der Waals surface area contributed by atoms with Crippen LogP contribution >= 0.6 is 0 Å². The number of carbonyl (C=O) groups excluding carboxylic acids is 2. The summed E-state index contributed by atoms with van der Waals surface area (Å²) >= 11 is 0. The minimum Gasteiger partial charge on any atom is -0.483 e. The Morgan fingerprint density at radius 1 is 1.14 bits per heavy atom. The zero-order valence-corrected chi connectivity index (χ0v) is 15.7. The van der Waals surface area contributed by atoms with Gasteiger partial charge in [0.25, 0.3) is 11.8 Å². The molecule has 0 aliphatic rings. The summed E-state index contributed by atoms with van der Waals surface area (Å²) in [4.78, 5) is 34.3. The SMILES string of the molecule is CN(C)C(=O)COc1ccccc1C(=O)NCc1cccnc1-n1ccnc1. The van der Waals surface area contributed by atoms with Gasteiger partial charge in [-0.15, -0.1) is 0 Å². The summed E-state index contributed by atoms with van der Waals surface area (Å²) in [5, 5.41) is 2.88. The number of ether oxygens (including phenoxy) is 1. The molecule has 0 saturated heterocycles. The molecular weight excluding hydrogens is 358 g/mol. The molecule has 144 valence electrons. The number of pyridine rings is 1. The Labute approximate surface area is 162 Å². The lowest BCUT2D eigenvalue weighted by Crippen LogP contribution is -2.28. The Morgan fingerprint density at radius 2 is 1.96 bits per heavy atom. The van der Waals surface area contributed by atoms with Gasteiger partial charge in [0, 0.05) is 44.8 Å². The Kier molecular flexibility index (Phi) is 6.01. The molecule has 2 aromatic heterocycles. The van der Waals surface area contributed by atoms with E-state index in [2.05, 4.69) is 15.3 Å². The molecule has 8 heteroatoms. The van der Waals surface area contributed by atoms with Gasteiger partial charge in [-0.25, -0.2) is 9.97 Å². The highest BCUT2D eigenvalue weighted by atomic mass is 16.5. The van der Waals surface area contributed by atoms with E-state index in [0.717, 1.165) is 5.56 Å². The van der Waals surface area contributed by atoms with Crippen LogP contribution in [0.1, 0.15) is 15.9 Å². The molecule has 0 unspecified atom stereocenters. The highest BCUT2D eigenvalue weighted by molar-refractivity contribution is 5.97. The fourth-order valence-corrected chi connectivity index (χ4v) is 2.50. The summed E-state index contributed by atoms with van der Waals surface area (Å²) in [6.45, 7) is 0.149. The van der Waals surface area contributed by atoms with Crippen LogP contribution in [0.15, 0.2) is 61.3 Å². The van der Waals surface area contributed by atoms with Crippen LogP contribution in [0.25, 0.3) is 5.82 Å². The van der Waals surface area contributed by atoms with Gasteiger partial charge in [0.15, 0.2) is 6.61 Å². The van der Waals surface area contributed by atoms with E-state index in [9.17, 15) is 9.59 Å². The molecule has 0 aliphatic heterocycles. The van der Waals surface area contributed by atoms with Gasteiger partial charge < -0.3 is 15.0 Å². The number of hydrogen-bond acceptors (Lipinski definition) is 5. The van der Waals surface area contributed by atoms with Crippen LogP contribution in [-0.2, 0) is 11.3 Å². The summed E-state index contributed by atoms with van der Waals surface area (Å²) in [6.07, 6.45) is 6.79. The Morgan fingerprint density at radius 3 is 2.71 bits per heavy atom. The van der Waals surface area contributed by atoms with Crippen LogP contribution in [0.3, 0.4) is 0 Å². The van der Waals surface area contributed by atoms with Crippen molar-refractivity contribution in [2.24, 2.45) is 0 Å². The van der Waals surface area contributed by atoms with Gasteiger partial charge in [-0.1, -0.05) is 18.2 Å². The Bertz CT molecular complexity index is 954. The minimum atomic E-state index is -0.298. The van der Waals surface area contributed by atoms with Gasteiger partial charge in [-0.05, 0) is 18.2 Å². The molecule has 0 saturated carbocycles. The third-order valence-electron chi connectivity index (χ3n) is 4.04. The smallest absolute Gasteiger partial charge is 0.259 e. The molecule has 3 rings (SSSR count). The number of nitrogens with one attached hydrogen (secondary N) is 1. The summed E-state index contributed by atoms with van der Waals surface area (Å²) < 4.78 is 7.32. The van der Waals surface area contributed by atoms with Crippen LogP contribution < -0.4 is 10.1 Å². The van der Waals surface area contributed by atoms with Crippen LogP contribution in [0.4, 0.5) is 0 Å². The zero-order chi connectivity index (χ0) is 19.9. The van der Waals surface area contributed by atoms with Crippen LogP contribution in [0, 0.1) is 0 Å². The van der Waals surface area contributed by atoms with E-state index in [4.69, 9.17) is 4.74 Å². The molecule has 0 bridgehead atoms. The maximum absolute atomic E-state index is 12.7. The van der Waals surface area contributed by atoms with Crippen molar-refractivity contribution in [3.8, 4) is 11.6 Å². The summed E-state index contributed by atoms with van der Waals surface area (Å²) in [6, 6.07) is 10.5. The number of benzene rings is 1. The fourth-order valence-electron chi connectivity index (χ4n) is 2.50. The van der Waals surface area contributed by atoms with E-state index < -0.39 is 0 Å². The number of imidazole rings is 1. The molecule has 1 N–H and O–H groups in total. The van der Waals surface area contributed by atoms with Gasteiger partial charge in [0.05, 0.1) is 5.56 Å². The monoisotopic (exact) mass is 379 g/mol. The van der Waals surface area contributed by atoms with E-state index in [1.54, 1.807) is 67.8 Å². The van der Waals surface area contributed by atoms with E-state index in [1.165, 1.54) is 4.90 Å². The number of carbonyl (C=O) groups is 2. The average Bonchev–Trinajstić information content (AvgIpc) is 3.25. The molecule has 0 aliphatic carbocycles. The second-order valence-corrected chi connectivity index (χ2v) is 6.21. The molecular formula is C20H21N5O3. The summed E-state index contributed by atoms with van der Waals surface area (Å²) in [5.41, 5.74) is 1.21. The van der Waals surface area contributed by atoms with Crippen molar-refractivity contribution < 1.29 is 14.3 Å². The fraction of sp³-hybridized carbons (Fsp3) is 0.200. The van der Waals surface area contributed by atoms with Crippen LogP contribution in [0.2, 0.25) is 0 Å². The number of likely N-dealkylation sites (N-methyl/N-ethyl adjacent to an activating group) is 1. The molecule has 28 heavy (non-hydrogen) atoms. The summed E-state index contributed by atoms with van der Waals surface area (Å²) in [5.74, 6) is 0.571. The normalized spacial score (nSPS) is 10.4. The third kappa shape index (κ3) is 4.53. The highest BCUT2D eigenvalue weighted by Gasteiger charge is 2.15. The van der Waals surface area contributed by atoms with Crippen molar-refractivity contribution in [3.05, 3.63) is 72.4 Å². The molecule has 0 spiro atoms. The number of aromatic nitrogens is 3. The van der Waals surface area contributed by atoms with Crippen molar-refractivity contribution in [3.63, 3.8) is 0 Å². The Balaban J connectivity index is 1.71. The van der Waals surface area contributed by atoms with E-state index in [0.29, 0.717) is 17.1 Å². The second-order valence-electron chi connectivity index (χ2n) is 6.21. The molecule has 0 radical (unpaired) electrons. The molecule has 2 heterocycles. The minimum absolute atomic E-state index is 0.134. The van der Waals surface area contributed by atoms with Crippen molar-refractivity contribution >= 4 is 11.8 Å². The number of hydrogen-bond donors (Lipinski definition) is 1. The van der Waals surface area contributed by atoms with E-state index >= 15 is 0 Å². The van der Waals surface area contributed by atoms with Crippen molar-refractivity contribution in [2.45, 2.75) is 6.54 Å². The van der Waals surface area contributed by atoms with E-state index in [1.807, 2.05) is 12.1 Å². The standard InChI is InChI=1S/C20H21N5O3/c1-24(2)18(26)13-28-17-8-4-3-7-16(17)20(27)23-12-15-6-5-9-22-19(15)25-11-10-21-14-25/h3-11,14H,12-13H2,1-2H3,(H,23,27). The first-order valence-electron chi connectivity index (χ1n) is 8.68. The topological polar surface area (TPSA) is 89.4 Å². The molecule has 8 nitrogen and oxygen atoms in total. The first-order chi connectivity index (χ1) is 13.6. The molecule has 0 fully saturated rings. The maximum Gasteiger partial charge on any atom is 0.259 e. The van der Waals surface area contributed by atoms with Gasteiger partial charge in [-0.3, -0.25) is 14.2 Å². The number of para-hydroxylation sites is 1. The highest BCUT2D eigenvalue weighted by Crippen LogP contribution is 2.18. The lowest BCUT2D eigenvalue weighted by molar-refractivity contribution is -0.130. The first kappa shape index (κ1) is 19.1. The number of amides is 2. The second kappa shape index (κ2) is 8.81. The Hall–Kier alpha value is -3.68. The quantitative estimate of drug-likeness (QED) is 0.674. The molecule has 2 amide bonds.